The van der Waals surface area contributed by atoms with E-state index in [1.807, 2.05) is 13.8 Å². The van der Waals surface area contributed by atoms with Crippen molar-refractivity contribution in [1.29, 1.82) is 0 Å². The molecule has 3 heteroatoms. The molecule has 0 N–H and O–H groups in total. The summed E-state index contributed by atoms with van der Waals surface area (Å²) in [7, 11) is 5.04. The highest BCUT2D eigenvalue weighted by Gasteiger charge is 2.42. The molecule has 0 aromatic heterocycles. The molecule has 1 aliphatic rings. The van der Waals surface area contributed by atoms with Crippen LogP contribution in [0.5, 0.6) is 0 Å². The van der Waals surface area contributed by atoms with Crippen LogP contribution < -0.4 is 5.30 Å². The predicted molar refractivity (Wildman–Crippen MR) is 65.9 cm³/mol. The summed E-state index contributed by atoms with van der Waals surface area (Å²) in [6.07, 6.45) is 0.844. The first-order valence-electron chi connectivity index (χ1n) is 4.80. The van der Waals surface area contributed by atoms with Crippen LogP contribution in [0.2, 0.25) is 0 Å². The zero-order valence-electron chi connectivity index (χ0n) is 8.47. The molecule has 0 nitrogen and oxygen atoms in total. The van der Waals surface area contributed by atoms with E-state index in [4.69, 9.17) is 0 Å². The van der Waals surface area contributed by atoms with Gasteiger partial charge in [-0.2, -0.15) is 0 Å². The van der Waals surface area contributed by atoms with E-state index in [-0.39, 0.29) is 5.92 Å². The van der Waals surface area contributed by atoms with Crippen molar-refractivity contribution in [3.8, 4) is 0 Å². The van der Waals surface area contributed by atoms with Crippen molar-refractivity contribution in [2.45, 2.75) is 25.7 Å². The summed E-state index contributed by atoms with van der Waals surface area (Å²) in [5.74, 6) is 0.0589. The van der Waals surface area contributed by atoms with Crippen LogP contribution in [0.25, 0.3) is 0 Å². The number of hydrogen-bond acceptors (Lipinski definition) is 0. The van der Waals surface area contributed by atoms with Crippen molar-refractivity contribution in [3.63, 3.8) is 0 Å². The van der Waals surface area contributed by atoms with Gasteiger partial charge in [-0.25, -0.2) is 4.39 Å². The number of aryl methyl sites for hydroxylation is 1. The second kappa shape index (κ2) is 3.26. The summed E-state index contributed by atoms with van der Waals surface area (Å²) in [6, 6.07) is 4.13. The summed E-state index contributed by atoms with van der Waals surface area (Å²) in [5, 5.41) is -0.206. The molecule has 1 aromatic rings. The minimum absolute atomic E-state index is 0.0589. The van der Waals surface area contributed by atoms with Gasteiger partial charge in [0.25, 0.3) is 0 Å². The molecular formula is C11H15FP2. The highest BCUT2D eigenvalue weighted by Crippen LogP contribution is 2.49. The van der Waals surface area contributed by atoms with Crippen molar-refractivity contribution in [2.24, 2.45) is 5.92 Å². The Morgan fingerprint density at radius 2 is 2.14 bits per heavy atom. The van der Waals surface area contributed by atoms with E-state index in [0.717, 1.165) is 28.4 Å². The first-order chi connectivity index (χ1) is 6.44. The van der Waals surface area contributed by atoms with E-state index in [0.29, 0.717) is 0 Å². The average Bonchev–Trinajstić information content (AvgIpc) is 2.32. The SMILES string of the molecule is Cc1ccc2c(c1P)C(F)(P)C(C)C2. The fourth-order valence-corrected chi connectivity index (χ4v) is 3.24. The quantitative estimate of drug-likeness (QED) is 0.599. The molecule has 0 fully saturated rings. The van der Waals surface area contributed by atoms with Crippen molar-refractivity contribution >= 4 is 23.8 Å². The van der Waals surface area contributed by atoms with Crippen LogP contribution in [0, 0.1) is 12.8 Å². The molecule has 0 spiro atoms. The molecule has 2 rings (SSSR count). The maximum atomic E-state index is 14.4. The lowest BCUT2D eigenvalue weighted by atomic mass is 10.1. The average molecular weight is 228 g/mol. The number of fused-ring (bicyclic) bond motifs is 1. The standard InChI is InChI=1S/C11H15FP2/c1-6-3-4-8-5-7(2)11(12,14)9(8)10(6)13/h3-4,7H,5,13-14H2,1-2H3. The lowest BCUT2D eigenvalue weighted by Crippen LogP contribution is -2.21. The molecule has 14 heavy (non-hydrogen) atoms. The van der Waals surface area contributed by atoms with Gasteiger partial charge in [0, 0.05) is 11.5 Å². The lowest BCUT2D eigenvalue weighted by molar-refractivity contribution is 0.223. The van der Waals surface area contributed by atoms with Gasteiger partial charge < -0.3 is 0 Å². The number of halogens is 1. The molecule has 4 atom stereocenters. The van der Waals surface area contributed by atoms with Gasteiger partial charge in [-0.15, -0.1) is 9.24 Å². The van der Waals surface area contributed by atoms with Gasteiger partial charge in [-0.05, 0) is 29.8 Å². The third-order valence-corrected chi connectivity index (χ3v) is 4.78. The van der Waals surface area contributed by atoms with E-state index in [1.54, 1.807) is 0 Å². The molecular weight excluding hydrogens is 213 g/mol. The van der Waals surface area contributed by atoms with Gasteiger partial charge in [0.2, 0.25) is 0 Å². The van der Waals surface area contributed by atoms with E-state index in [9.17, 15) is 4.39 Å². The van der Waals surface area contributed by atoms with Gasteiger partial charge in [0.15, 0.2) is 5.41 Å². The largest absolute Gasteiger partial charge is 0.234 e. The topological polar surface area (TPSA) is 0 Å². The number of hydrogen-bond donors (Lipinski definition) is 0. The second-order valence-electron chi connectivity index (χ2n) is 4.20. The molecule has 76 valence electrons. The smallest absolute Gasteiger partial charge is 0.152 e. The minimum Gasteiger partial charge on any atom is -0.234 e. The van der Waals surface area contributed by atoms with Crippen LogP contribution in [-0.2, 0) is 11.8 Å². The summed E-state index contributed by atoms with van der Waals surface area (Å²) >= 11 is 0. The highest BCUT2D eigenvalue weighted by atomic mass is 31.0. The Hall–Kier alpha value is 0.01000. The monoisotopic (exact) mass is 228 g/mol. The molecule has 0 bridgehead atoms. The van der Waals surface area contributed by atoms with Gasteiger partial charge in [-0.1, -0.05) is 28.3 Å². The fraction of sp³-hybridized carbons (Fsp3) is 0.455. The Labute approximate surface area is 89.1 Å². The van der Waals surface area contributed by atoms with Crippen molar-refractivity contribution in [2.75, 3.05) is 0 Å². The Morgan fingerprint density at radius 1 is 1.50 bits per heavy atom. The zero-order valence-corrected chi connectivity index (χ0v) is 10.8. The normalized spacial score (nSPS) is 30.5. The zero-order chi connectivity index (χ0) is 10.5. The molecule has 0 heterocycles. The van der Waals surface area contributed by atoms with E-state index >= 15 is 0 Å². The highest BCUT2D eigenvalue weighted by molar-refractivity contribution is 7.28. The van der Waals surface area contributed by atoms with Crippen LogP contribution in [-0.4, -0.2) is 0 Å². The Kier molecular flexibility index (Phi) is 2.45. The molecule has 0 aliphatic heterocycles. The van der Waals surface area contributed by atoms with Crippen LogP contribution in [0.4, 0.5) is 4.39 Å². The number of benzene rings is 1. The van der Waals surface area contributed by atoms with E-state index < -0.39 is 5.41 Å². The second-order valence-corrected chi connectivity index (χ2v) is 5.62. The van der Waals surface area contributed by atoms with Gasteiger partial charge >= 0.3 is 0 Å². The van der Waals surface area contributed by atoms with Gasteiger partial charge in [0.05, 0.1) is 0 Å². The summed E-state index contributed by atoms with van der Waals surface area (Å²) in [5.41, 5.74) is 3.18. The minimum atomic E-state index is -1.24. The third kappa shape index (κ3) is 1.34. The number of alkyl halides is 1. The van der Waals surface area contributed by atoms with Gasteiger partial charge in [-0.3, -0.25) is 0 Å². The van der Waals surface area contributed by atoms with Crippen LogP contribution >= 0.6 is 18.5 Å². The molecule has 0 saturated heterocycles. The molecule has 1 aromatic carbocycles. The Morgan fingerprint density at radius 3 is 2.79 bits per heavy atom. The maximum absolute atomic E-state index is 14.4. The first kappa shape index (κ1) is 10.5. The third-order valence-electron chi connectivity index (χ3n) is 3.18. The number of rotatable bonds is 0. The van der Waals surface area contributed by atoms with Gasteiger partial charge in [0.1, 0.15) is 0 Å². The van der Waals surface area contributed by atoms with Crippen LogP contribution in [0.15, 0.2) is 12.1 Å². The summed E-state index contributed by atoms with van der Waals surface area (Å²) in [4.78, 5) is 0. The summed E-state index contributed by atoms with van der Waals surface area (Å²) in [6.45, 7) is 3.98. The first-order valence-corrected chi connectivity index (χ1v) is 5.96. The molecule has 0 saturated carbocycles. The van der Waals surface area contributed by atoms with E-state index in [2.05, 4.69) is 30.6 Å². The van der Waals surface area contributed by atoms with Crippen molar-refractivity contribution in [3.05, 3.63) is 28.8 Å². The predicted octanol–water partition coefficient (Wildman–Crippen LogP) is 2.69. The lowest BCUT2D eigenvalue weighted by Gasteiger charge is -2.22. The van der Waals surface area contributed by atoms with Crippen molar-refractivity contribution < 1.29 is 4.39 Å². The molecule has 4 unspecified atom stereocenters. The van der Waals surface area contributed by atoms with Crippen molar-refractivity contribution in [1.82, 2.24) is 0 Å². The molecule has 0 amide bonds. The Balaban J connectivity index is 2.68. The Bertz CT molecular complexity index is 385. The van der Waals surface area contributed by atoms with Crippen LogP contribution in [0.1, 0.15) is 23.6 Å². The maximum Gasteiger partial charge on any atom is 0.152 e. The van der Waals surface area contributed by atoms with E-state index in [1.165, 1.54) is 0 Å². The van der Waals surface area contributed by atoms with Crippen LogP contribution in [0.3, 0.4) is 0 Å². The fourth-order valence-electron chi connectivity index (χ4n) is 2.12. The molecule has 0 radical (unpaired) electrons. The molecule has 1 aliphatic carbocycles. The summed E-state index contributed by atoms with van der Waals surface area (Å²) < 4.78 is 14.4.